The first kappa shape index (κ1) is 10.3. The molecule has 74 valence electrons. The van der Waals surface area contributed by atoms with E-state index in [4.69, 9.17) is 0 Å². The second kappa shape index (κ2) is 5.02. The lowest BCUT2D eigenvalue weighted by Gasteiger charge is -2.27. The molecule has 0 heterocycles. The van der Waals surface area contributed by atoms with Gasteiger partial charge in [-0.3, -0.25) is 4.79 Å². The lowest BCUT2D eigenvalue weighted by atomic mass is 9.92. The molecule has 3 nitrogen and oxygen atoms in total. The minimum atomic E-state index is -0.358. The number of rotatable bonds is 2. The fourth-order valence-corrected chi connectivity index (χ4v) is 1.66. The zero-order chi connectivity index (χ0) is 9.68. The van der Waals surface area contributed by atoms with Crippen LogP contribution in [-0.4, -0.2) is 23.2 Å². The first-order valence-corrected chi connectivity index (χ1v) is 4.85. The molecule has 1 rings (SSSR count). The van der Waals surface area contributed by atoms with Crippen molar-refractivity contribution in [1.82, 2.24) is 5.32 Å². The largest absolute Gasteiger partial charge is 0.391 e. The van der Waals surface area contributed by atoms with Crippen LogP contribution in [0.2, 0.25) is 0 Å². The number of carbonyl (C=O) groups is 1. The van der Waals surface area contributed by atoms with Crippen LogP contribution in [0.3, 0.4) is 0 Å². The molecule has 3 heteroatoms. The number of hydrogen-bond acceptors (Lipinski definition) is 2. The molecule has 0 saturated heterocycles. The van der Waals surface area contributed by atoms with Crippen LogP contribution >= 0.6 is 0 Å². The van der Waals surface area contributed by atoms with Crippen LogP contribution in [-0.2, 0) is 4.79 Å². The molecule has 0 radical (unpaired) electrons. The molecule has 1 aliphatic rings. The topological polar surface area (TPSA) is 49.3 Å². The Labute approximate surface area is 78.8 Å². The summed E-state index contributed by atoms with van der Waals surface area (Å²) in [5.41, 5.74) is 0. The second-order valence-corrected chi connectivity index (χ2v) is 3.47. The summed E-state index contributed by atoms with van der Waals surface area (Å²) in [6.07, 6.45) is 6.69. The Morgan fingerprint density at radius 3 is 2.77 bits per heavy atom. The van der Waals surface area contributed by atoms with Gasteiger partial charge in [0.05, 0.1) is 12.1 Å². The van der Waals surface area contributed by atoms with E-state index in [0.29, 0.717) is 0 Å². The van der Waals surface area contributed by atoms with Crippen molar-refractivity contribution in [3.8, 4) is 0 Å². The van der Waals surface area contributed by atoms with Gasteiger partial charge < -0.3 is 10.4 Å². The maximum atomic E-state index is 11.1. The van der Waals surface area contributed by atoms with Crippen molar-refractivity contribution in [2.45, 2.75) is 44.8 Å². The van der Waals surface area contributed by atoms with Gasteiger partial charge in [0.1, 0.15) is 0 Å². The van der Waals surface area contributed by atoms with Crippen molar-refractivity contribution in [3.63, 3.8) is 0 Å². The molecule has 13 heavy (non-hydrogen) atoms. The maximum Gasteiger partial charge on any atom is 0.243 e. The first-order chi connectivity index (χ1) is 6.24. The van der Waals surface area contributed by atoms with Crippen molar-refractivity contribution >= 4 is 5.91 Å². The lowest BCUT2D eigenvalue weighted by Crippen LogP contribution is -2.44. The molecule has 1 saturated carbocycles. The molecule has 0 aromatic rings. The second-order valence-electron chi connectivity index (χ2n) is 3.47. The maximum absolute atomic E-state index is 11.1. The molecule has 0 aromatic carbocycles. The summed E-state index contributed by atoms with van der Waals surface area (Å²) in [6, 6.07) is -0.0440. The smallest absolute Gasteiger partial charge is 0.243 e. The highest BCUT2D eigenvalue weighted by atomic mass is 16.3. The molecule has 2 N–H and O–H groups in total. The van der Waals surface area contributed by atoms with Crippen LogP contribution in [0.25, 0.3) is 0 Å². The van der Waals surface area contributed by atoms with Crippen molar-refractivity contribution in [2.24, 2.45) is 0 Å². The average molecular weight is 183 g/mol. The Balaban J connectivity index is 2.37. The summed E-state index contributed by atoms with van der Waals surface area (Å²) < 4.78 is 0. The van der Waals surface area contributed by atoms with Gasteiger partial charge in [0.15, 0.2) is 0 Å². The fourth-order valence-electron chi connectivity index (χ4n) is 1.66. The van der Waals surface area contributed by atoms with E-state index < -0.39 is 0 Å². The van der Waals surface area contributed by atoms with Gasteiger partial charge in [-0.1, -0.05) is 18.9 Å². The number of allylic oxidation sites excluding steroid dienone is 1. The Morgan fingerprint density at radius 2 is 2.15 bits per heavy atom. The van der Waals surface area contributed by atoms with Gasteiger partial charge in [-0.05, 0) is 25.8 Å². The zero-order valence-corrected chi connectivity index (χ0v) is 7.99. The third-order valence-electron chi connectivity index (χ3n) is 2.38. The molecule has 2 unspecified atom stereocenters. The van der Waals surface area contributed by atoms with E-state index in [1.807, 2.05) is 0 Å². The highest BCUT2D eigenvalue weighted by Crippen LogP contribution is 2.18. The molecule has 1 aliphatic carbocycles. The third-order valence-corrected chi connectivity index (χ3v) is 2.38. The van der Waals surface area contributed by atoms with E-state index in [0.717, 1.165) is 25.7 Å². The monoisotopic (exact) mass is 183 g/mol. The lowest BCUT2D eigenvalue weighted by molar-refractivity contribution is -0.118. The van der Waals surface area contributed by atoms with Crippen molar-refractivity contribution in [3.05, 3.63) is 12.2 Å². The molecule has 1 fully saturated rings. The Morgan fingerprint density at radius 1 is 1.46 bits per heavy atom. The van der Waals surface area contributed by atoms with Crippen LogP contribution in [0, 0.1) is 0 Å². The average Bonchev–Trinajstić information content (AvgIpc) is 2.09. The van der Waals surface area contributed by atoms with Crippen LogP contribution in [0.4, 0.5) is 0 Å². The van der Waals surface area contributed by atoms with Gasteiger partial charge in [-0.15, -0.1) is 0 Å². The van der Waals surface area contributed by atoms with Crippen molar-refractivity contribution in [1.29, 1.82) is 0 Å². The summed E-state index contributed by atoms with van der Waals surface area (Å²) in [4.78, 5) is 11.1. The van der Waals surface area contributed by atoms with Gasteiger partial charge in [0.2, 0.25) is 5.91 Å². The van der Waals surface area contributed by atoms with Gasteiger partial charge >= 0.3 is 0 Å². The van der Waals surface area contributed by atoms with Crippen LogP contribution in [0.15, 0.2) is 12.2 Å². The standard InChI is InChI=1S/C10H17NO2/c1-2-5-10(13)11-8-6-3-4-7-9(8)12/h2,5,8-9,12H,3-4,6-7H2,1H3,(H,11,13). The minimum Gasteiger partial charge on any atom is -0.391 e. The van der Waals surface area contributed by atoms with Crippen LogP contribution < -0.4 is 5.32 Å². The predicted octanol–water partition coefficient (Wildman–Crippen LogP) is 0.982. The number of aliphatic hydroxyl groups excluding tert-OH is 1. The van der Waals surface area contributed by atoms with E-state index >= 15 is 0 Å². The Kier molecular flexibility index (Phi) is 3.96. The summed E-state index contributed by atoms with van der Waals surface area (Å²) in [6.45, 7) is 1.80. The van der Waals surface area contributed by atoms with Gasteiger partial charge in [-0.25, -0.2) is 0 Å². The number of nitrogens with one attached hydrogen (secondary N) is 1. The van der Waals surface area contributed by atoms with Crippen molar-refractivity contribution in [2.75, 3.05) is 0 Å². The van der Waals surface area contributed by atoms with E-state index in [1.54, 1.807) is 13.0 Å². The minimum absolute atomic E-state index is 0.0440. The van der Waals surface area contributed by atoms with E-state index in [2.05, 4.69) is 5.32 Å². The SMILES string of the molecule is CC=CC(=O)NC1CCCCC1O. The number of carbonyl (C=O) groups excluding carboxylic acids is 1. The predicted molar refractivity (Wildman–Crippen MR) is 51.2 cm³/mol. The first-order valence-electron chi connectivity index (χ1n) is 4.85. The Bertz CT molecular complexity index is 201. The van der Waals surface area contributed by atoms with E-state index in [9.17, 15) is 9.90 Å². The number of hydrogen-bond donors (Lipinski definition) is 2. The molecule has 0 spiro atoms. The molecule has 0 aliphatic heterocycles. The molecule has 0 bridgehead atoms. The summed E-state index contributed by atoms with van der Waals surface area (Å²) in [7, 11) is 0. The summed E-state index contributed by atoms with van der Waals surface area (Å²) in [5.74, 6) is -0.103. The molecule has 2 atom stereocenters. The highest BCUT2D eigenvalue weighted by molar-refractivity contribution is 5.87. The van der Waals surface area contributed by atoms with Gasteiger partial charge in [-0.2, -0.15) is 0 Å². The van der Waals surface area contributed by atoms with Crippen molar-refractivity contribution < 1.29 is 9.90 Å². The third kappa shape index (κ3) is 3.19. The molecule has 1 amide bonds. The molecular formula is C10H17NO2. The van der Waals surface area contributed by atoms with Gasteiger partial charge in [0, 0.05) is 0 Å². The number of amides is 1. The van der Waals surface area contributed by atoms with E-state index in [-0.39, 0.29) is 18.1 Å². The van der Waals surface area contributed by atoms with Crippen LogP contribution in [0.5, 0.6) is 0 Å². The van der Waals surface area contributed by atoms with Gasteiger partial charge in [0.25, 0.3) is 0 Å². The fraction of sp³-hybridized carbons (Fsp3) is 0.700. The Hall–Kier alpha value is -0.830. The highest BCUT2D eigenvalue weighted by Gasteiger charge is 2.23. The molecular weight excluding hydrogens is 166 g/mol. The molecule has 0 aromatic heterocycles. The summed E-state index contributed by atoms with van der Waals surface area (Å²) in [5, 5.41) is 12.3. The van der Waals surface area contributed by atoms with E-state index in [1.165, 1.54) is 6.08 Å². The van der Waals surface area contributed by atoms with Crippen LogP contribution in [0.1, 0.15) is 32.6 Å². The number of aliphatic hydroxyl groups is 1. The normalized spacial score (nSPS) is 29.1. The quantitative estimate of drug-likeness (QED) is 0.627. The zero-order valence-electron chi connectivity index (χ0n) is 7.99. The summed E-state index contributed by atoms with van der Waals surface area (Å²) >= 11 is 0.